The molecule has 3 N–H and O–H groups in total. The van der Waals surface area contributed by atoms with E-state index in [1.807, 2.05) is 6.92 Å². The molecule has 0 radical (unpaired) electrons. The van der Waals surface area contributed by atoms with Crippen molar-refractivity contribution in [2.75, 3.05) is 36.5 Å². The lowest BCUT2D eigenvalue weighted by molar-refractivity contribution is -0.118. The summed E-state index contributed by atoms with van der Waals surface area (Å²) in [6, 6.07) is 4.46. The Morgan fingerprint density at radius 3 is 2.83 bits per heavy atom. The van der Waals surface area contributed by atoms with Crippen LogP contribution in [0.2, 0.25) is 0 Å². The third kappa shape index (κ3) is 4.86. The smallest absolute Gasteiger partial charge is 0.415 e. The molecule has 214 valence electrons. The maximum atomic E-state index is 15.1. The summed E-state index contributed by atoms with van der Waals surface area (Å²) in [7, 11) is 0. The van der Waals surface area contributed by atoms with E-state index in [0.29, 0.717) is 68.1 Å². The number of benzene rings is 1. The fourth-order valence-electron chi connectivity index (χ4n) is 5.83. The number of nitrogens with one attached hydrogen (secondary N) is 2. The van der Waals surface area contributed by atoms with Gasteiger partial charge in [0, 0.05) is 18.1 Å². The first-order valence-electron chi connectivity index (χ1n) is 13.5. The summed E-state index contributed by atoms with van der Waals surface area (Å²) < 4.78 is 27.6. The first-order valence-corrected chi connectivity index (χ1v) is 13.5. The second kappa shape index (κ2) is 10.5. The minimum absolute atomic E-state index is 0.0826. The predicted molar refractivity (Wildman–Crippen MR) is 145 cm³/mol. The fourth-order valence-corrected chi connectivity index (χ4v) is 5.83. The minimum atomic E-state index is -1.33. The molecule has 1 saturated heterocycles. The summed E-state index contributed by atoms with van der Waals surface area (Å²) in [5.41, 5.74) is 0.866. The van der Waals surface area contributed by atoms with E-state index in [9.17, 15) is 24.3 Å². The molecular formula is C28H28FN5O7. The van der Waals surface area contributed by atoms with Gasteiger partial charge in [-0.1, -0.05) is 0 Å². The number of ether oxygens (including phenoxy) is 2. The van der Waals surface area contributed by atoms with E-state index in [4.69, 9.17) is 9.47 Å². The van der Waals surface area contributed by atoms with Crippen LogP contribution in [0.3, 0.4) is 0 Å². The summed E-state index contributed by atoms with van der Waals surface area (Å²) >= 11 is 0. The zero-order valence-electron chi connectivity index (χ0n) is 22.2. The molecule has 3 aromatic rings. The number of carboxylic acid groups (broad SMARTS) is 1. The summed E-state index contributed by atoms with van der Waals surface area (Å²) in [4.78, 5) is 54.2. The van der Waals surface area contributed by atoms with Gasteiger partial charge in [-0.3, -0.25) is 14.5 Å². The van der Waals surface area contributed by atoms with Crippen LogP contribution in [0.1, 0.15) is 34.8 Å². The zero-order chi connectivity index (χ0) is 28.8. The molecule has 2 aromatic heterocycles. The molecule has 2 atom stereocenters. The van der Waals surface area contributed by atoms with E-state index < -0.39 is 23.3 Å². The van der Waals surface area contributed by atoms with Crippen LogP contribution >= 0.6 is 0 Å². The molecule has 1 aromatic carbocycles. The number of nitrogens with zero attached hydrogens (tertiary/aromatic N) is 3. The van der Waals surface area contributed by atoms with E-state index in [1.54, 1.807) is 16.7 Å². The summed E-state index contributed by atoms with van der Waals surface area (Å²) in [5, 5.41) is 15.5. The number of aromatic nitrogens is 2. The molecule has 13 heteroatoms. The monoisotopic (exact) mass is 565 g/mol. The first kappa shape index (κ1) is 26.7. The first-order chi connectivity index (χ1) is 19.7. The number of aromatic carboxylic acids is 1. The normalized spacial score (nSPS) is 19.5. The van der Waals surface area contributed by atoms with Crippen molar-refractivity contribution in [1.82, 2.24) is 14.9 Å². The van der Waals surface area contributed by atoms with Gasteiger partial charge in [-0.25, -0.2) is 19.0 Å². The number of carbonyl (C=O) groups excluding carboxylic acids is 2. The molecule has 2 aliphatic heterocycles. The average Bonchev–Trinajstić information content (AvgIpc) is 3.55. The van der Waals surface area contributed by atoms with Gasteiger partial charge in [-0.2, -0.15) is 0 Å². The van der Waals surface area contributed by atoms with Crippen molar-refractivity contribution in [3.05, 3.63) is 57.1 Å². The van der Waals surface area contributed by atoms with E-state index >= 15 is 4.39 Å². The van der Waals surface area contributed by atoms with Crippen molar-refractivity contribution < 1.29 is 33.4 Å². The quantitative estimate of drug-likeness (QED) is 0.349. The van der Waals surface area contributed by atoms with Crippen molar-refractivity contribution in [2.24, 2.45) is 5.92 Å². The highest BCUT2D eigenvalue weighted by Gasteiger charge is 2.34. The number of carbonyl (C=O) groups is 3. The Labute approximate surface area is 233 Å². The van der Waals surface area contributed by atoms with Crippen LogP contribution < -0.4 is 25.7 Å². The molecular weight excluding hydrogens is 537 g/mol. The molecule has 41 heavy (non-hydrogen) atoms. The van der Waals surface area contributed by atoms with E-state index in [1.165, 1.54) is 17.2 Å². The van der Waals surface area contributed by atoms with Gasteiger partial charge in [0.1, 0.15) is 23.3 Å². The van der Waals surface area contributed by atoms with Crippen LogP contribution in [-0.4, -0.2) is 65.0 Å². The van der Waals surface area contributed by atoms with Crippen LogP contribution in [0.5, 0.6) is 5.75 Å². The lowest BCUT2D eigenvalue weighted by atomic mass is 10.0. The molecule has 0 saturated carbocycles. The minimum Gasteiger partial charge on any atom is -0.480 e. The number of carboxylic acids is 1. The Hall–Kier alpha value is -4.52. The molecule has 1 fully saturated rings. The molecule has 2 unspecified atom stereocenters. The summed E-state index contributed by atoms with van der Waals surface area (Å²) in [6.45, 7) is 3.67. The number of cyclic esters (lactones) is 1. The summed E-state index contributed by atoms with van der Waals surface area (Å²) in [5.74, 6) is -0.998. The lowest BCUT2D eigenvalue weighted by Crippen LogP contribution is -2.30. The van der Waals surface area contributed by atoms with Crippen molar-refractivity contribution in [3.8, 4) is 5.75 Å². The number of anilines is 2. The van der Waals surface area contributed by atoms with Crippen LogP contribution in [0.15, 0.2) is 29.2 Å². The molecule has 1 aliphatic carbocycles. The SMILES string of the molecule is CCn1cc(C(=O)O)c(=O)c2cc(F)c3c(c21)CC(CNCCC1CN(c2ccc4c(n2)NC(=O)CO4)C(=O)O1)C3. The van der Waals surface area contributed by atoms with Crippen molar-refractivity contribution in [2.45, 2.75) is 38.8 Å². The molecule has 0 spiro atoms. The number of aryl methyl sites for hydroxylation is 1. The van der Waals surface area contributed by atoms with Gasteiger partial charge in [0.05, 0.1) is 12.1 Å². The third-order valence-electron chi connectivity index (χ3n) is 7.77. The number of hydrogen-bond donors (Lipinski definition) is 3. The molecule has 3 aliphatic rings. The Balaban J connectivity index is 1.07. The fraction of sp³-hybridized carbons (Fsp3) is 0.393. The predicted octanol–water partition coefficient (Wildman–Crippen LogP) is 2.30. The molecule has 0 bridgehead atoms. The van der Waals surface area contributed by atoms with Crippen molar-refractivity contribution >= 4 is 40.5 Å². The highest BCUT2D eigenvalue weighted by Crippen LogP contribution is 2.35. The van der Waals surface area contributed by atoms with Gasteiger partial charge >= 0.3 is 12.1 Å². The number of rotatable bonds is 8. The topological polar surface area (TPSA) is 152 Å². The number of halogens is 1. The van der Waals surface area contributed by atoms with E-state index in [0.717, 1.165) is 5.56 Å². The molecule has 2 amide bonds. The number of pyridine rings is 2. The van der Waals surface area contributed by atoms with Crippen molar-refractivity contribution in [1.29, 1.82) is 0 Å². The molecule has 4 heterocycles. The number of fused-ring (bicyclic) bond motifs is 4. The zero-order valence-corrected chi connectivity index (χ0v) is 22.2. The Bertz CT molecular complexity index is 1660. The van der Waals surface area contributed by atoms with Crippen molar-refractivity contribution in [3.63, 3.8) is 0 Å². The second-order valence-corrected chi connectivity index (χ2v) is 10.4. The highest BCUT2D eigenvalue weighted by molar-refractivity contribution is 5.96. The van der Waals surface area contributed by atoms with Crippen LogP contribution in [-0.2, 0) is 28.9 Å². The largest absolute Gasteiger partial charge is 0.480 e. The van der Waals surface area contributed by atoms with E-state index in [-0.39, 0.29) is 41.3 Å². The van der Waals surface area contributed by atoms with Gasteiger partial charge < -0.3 is 29.8 Å². The number of amides is 2. The van der Waals surface area contributed by atoms with Crippen LogP contribution in [0.25, 0.3) is 10.9 Å². The Morgan fingerprint density at radius 1 is 1.24 bits per heavy atom. The van der Waals surface area contributed by atoms with E-state index in [2.05, 4.69) is 15.6 Å². The average molecular weight is 566 g/mol. The Kier molecular flexibility index (Phi) is 6.81. The summed E-state index contributed by atoms with van der Waals surface area (Å²) in [6.07, 6.45) is 2.07. The second-order valence-electron chi connectivity index (χ2n) is 10.4. The van der Waals surface area contributed by atoms with Crippen LogP contribution in [0.4, 0.5) is 20.8 Å². The van der Waals surface area contributed by atoms with Gasteiger partial charge in [0.2, 0.25) is 5.43 Å². The number of hydrogen-bond acceptors (Lipinski definition) is 8. The van der Waals surface area contributed by atoms with Gasteiger partial charge in [0.25, 0.3) is 5.91 Å². The lowest BCUT2D eigenvalue weighted by Gasteiger charge is -2.19. The molecule has 12 nitrogen and oxygen atoms in total. The van der Waals surface area contributed by atoms with Gasteiger partial charge in [-0.05, 0) is 74.5 Å². The Morgan fingerprint density at radius 2 is 2.05 bits per heavy atom. The van der Waals surface area contributed by atoms with Gasteiger partial charge in [-0.15, -0.1) is 0 Å². The maximum absolute atomic E-state index is 15.1. The van der Waals surface area contributed by atoms with Crippen LogP contribution in [0, 0.1) is 11.7 Å². The highest BCUT2D eigenvalue weighted by atomic mass is 19.1. The molecule has 6 rings (SSSR count). The maximum Gasteiger partial charge on any atom is 0.415 e. The third-order valence-corrected chi connectivity index (χ3v) is 7.77. The standard InChI is InChI=1S/C28H28FN5O7/c1-2-33-12-19(27(37)38)25(36)18-9-20(29)16-7-14(8-17(16)24(18)33)10-30-6-5-15-11-34(28(39)41-15)22-4-3-21-26(31-22)32-23(35)13-40-21/h3-4,9,12,14-15,30H,2,5-8,10-11,13H2,1H3,(H,37,38)(H,31,32,35). The van der Waals surface area contributed by atoms with Gasteiger partial charge in [0.15, 0.2) is 18.2 Å².